The second kappa shape index (κ2) is 3.51. The van der Waals surface area contributed by atoms with Crippen molar-refractivity contribution in [1.82, 2.24) is 0 Å². The van der Waals surface area contributed by atoms with E-state index in [2.05, 4.69) is 19.6 Å². The summed E-state index contributed by atoms with van der Waals surface area (Å²) in [6.07, 6.45) is 0. The lowest BCUT2D eigenvalue weighted by Gasteiger charge is -2.13. The molecule has 0 aromatic carbocycles. The van der Waals surface area contributed by atoms with Crippen LogP contribution in [0.3, 0.4) is 0 Å². The summed E-state index contributed by atoms with van der Waals surface area (Å²) in [5.41, 5.74) is 0. The van der Waals surface area contributed by atoms with Crippen molar-refractivity contribution in [2.45, 2.75) is 26.6 Å². The quantitative estimate of drug-likeness (QED) is 0.580. The van der Waals surface area contributed by atoms with Gasteiger partial charge in [-0.3, -0.25) is 4.21 Å². The van der Waals surface area contributed by atoms with Gasteiger partial charge in [0, 0.05) is 21.9 Å². The van der Waals surface area contributed by atoms with Crippen LogP contribution in [0.2, 0.25) is 19.6 Å². The summed E-state index contributed by atoms with van der Waals surface area (Å²) < 4.78 is 11.0. The molecule has 0 rings (SSSR count). The number of rotatable bonds is 3. The predicted molar refractivity (Wildman–Crippen MR) is 46.9 cm³/mol. The minimum Gasteiger partial charge on any atom is -0.260 e. The minimum atomic E-state index is -1.04. The molecule has 0 aliphatic rings. The van der Waals surface area contributed by atoms with Gasteiger partial charge in [-0.2, -0.15) is 0 Å². The lowest BCUT2D eigenvalue weighted by molar-refractivity contribution is 0.686. The summed E-state index contributed by atoms with van der Waals surface area (Å²) in [5, 5.41) is 0.962. The van der Waals surface area contributed by atoms with Crippen LogP contribution in [0.25, 0.3) is 0 Å². The van der Waals surface area contributed by atoms with Crippen LogP contribution in [0.5, 0.6) is 0 Å². The largest absolute Gasteiger partial charge is 0.260 e. The summed E-state index contributed by atoms with van der Waals surface area (Å²) in [6.45, 7) is 8.73. The summed E-state index contributed by atoms with van der Waals surface area (Å²) in [4.78, 5) is 0. The lowest BCUT2D eigenvalue weighted by atomic mass is 11.0. The van der Waals surface area contributed by atoms with Crippen molar-refractivity contribution in [3.8, 4) is 0 Å². The molecule has 1 unspecified atom stereocenters. The van der Waals surface area contributed by atoms with Gasteiger partial charge >= 0.3 is 0 Å². The van der Waals surface area contributed by atoms with Crippen LogP contribution in [-0.4, -0.2) is 23.4 Å². The molecule has 0 amide bonds. The highest BCUT2D eigenvalue weighted by Gasteiger charge is 2.15. The molecular formula is C6H16OSSi. The average Bonchev–Trinajstić information content (AvgIpc) is 1.62. The van der Waals surface area contributed by atoms with Crippen molar-refractivity contribution >= 4 is 18.9 Å². The molecule has 0 aliphatic heterocycles. The Labute approximate surface area is 61.3 Å². The number of hydrogen-bond acceptors (Lipinski definition) is 1. The summed E-state index contributed by atoms with van der Waals surface area (Å²) >= 11 is 0. The molecule has 0 saturated carbocycles. The molecule has 0 aromatic rings. The van der Waals surface area contributed by atoms with E-state index in [1.165, 1.54) is 0 Å². The summed E-state index contributed by atoms with van der Waals surface area (Å²) in [5.74, 6) is 0.824. The van der Waals surface area contributed by atoms with Gasteiger partial charge in [-0.1, -0.05) is 26.6 Å². The molecule has 0 radical (unpaired) electrons. The van der Waals surface area contributed by atoms with Gasteiger partial charge in [-0.15, -0.1) is 0 Å². The van der Waals surface area contributed by atoms with Crippen LogP contribution < -0.4 is 0 Å². The highest BCUT2D eigenvalue weighted by molar-refractivity contribution is 7.86. The van der Waals surface area contributed by atoms with Gasteiger partial charge in [0.2, 0.25) is 0 Å². The van der Waals surface area contributed by atoms with E-state index < -0.39 is 18.9 Å². The van der Waals surface area contributed by atoms with Crippen LogP contribution in [0.15, 0.2) is 0 Å². The zero-order valence-electron chi connectivity index (χ0n) is 6.73. The minimum absolute atomic E-state index is 0.535. The Hall–Kier alpha value is 0.367. The fourth-order valence-electron chi connectivity index (χ4n) is 0.585. The second-order valence-corrected chi connectivity index (χ2v) is 11.2. The van der Waals surface area contributed by atoms with Gasteiger partial charge in [0.1, 0.15) is 0 Å². The van der Waals surface area contributed by atoms with Crippen molar-refractivity contribution in [2.24, 2.45) is 0 Å². The predicted octanol–water partition coefficient (Wildman–Crippen LogP) is 1.63. The van der Waals surface area contributed by atoms with E-state index in [-0.39, 0.29) is 0 Å². The number of hydrogen-bond donors (Lipinski definition) is 0. The molecule has 3 heteroatoms. The average molecular weight is 164 g/mol. The third-order valence-electron chi connectivity index (χ3n) is 0.916. The van der Waals surface area contributed by atoms with Gasteiger partial charge in [0.25, 0.3) is 0 Å². The van der Waals surface area contributed by atoms with E-state index >= 15 is 0 Å². The van der Waals surface area contributed by atoms with Gasteiger partial charge in [-0.05, 0) is 0 Å². The topological polar surface area (TPSA) is 17.1 Å². The van der Waals surface area contributed by atoms with E-state index in [0.717, 1.165) is 11.1 Å². The van der Waals surface area contributed by atoms with E-state index in [1.807, 2.05) is 6.92 Å². The first-order valence-electron chi connectivity index (χ1n) is 3.30. The van der Waals surface area contributed by atoms with E-state index in [4.69, 9.17) is 0 Å². The van der Waals surface area contributed by atoms with E-state index in [0.29, 0.717) is 0 Å². The molecule has 9 heavy (non-hydrogen) atoms. The highest BCUT2D eigenvalue weighted by atomic mass is 32.2. The monoisotopic (exact) mass is 164 g/mol. The highest BCUT2D eigenvalue weighted by Crippen LogP contribution is 2.02. The van der Waals surface area contributed by atoms with Gasteiger partial charge in [0.15, 0.2) is 0 Å². The molecule has 0 N–H and O–H groups in total. The Balaban J connectivity index is 3.60. The smallest absolute Gasteiger partial charge is 0.0581 e. The van der Waals surface area contributed by atoms with Gasteiger partial charge < -0.3 is 0 Å². The van der Waals surface area contributed by atoms with Gasteiger partial charge in [0.05, 0.1) is 8.07 Å². The van der Waals surface area contributed by atoms with Crippen molar-refractivity contribution in [1.29, 1.82) is 0 Å². The van der Waals surface area contributed by atoms with E-state index in [1.54, 1.807) is 0 Å². The fourth-order valence-corrected chi connectivity index (χ4v) is 5.27. The van der Waals surface area contributed by atoms with Crippen LogP contribution in [0.4, 0.5) is 0 Å². The van der Waals surface area contributed by atoms with E-state index in [9.17, 15) is 4.21 Å². The van der Waals surface area contributed by atoms with Crippen LogP contribution >= 0.6 is 0 Å². The Kier molecular flexibility index (Phi) is 3.66. The molecule has 0 spiro atoms. The van der Waals surface area contributed by atoms with Crippen molar-refractivity contribution < 1.29 is 4.21 Å². The van der Waals surface area contributed by atoms with Crippen molar-refractivity contribution in [2.75, 3.05) is 11.1 Å². The Morgan fingerprint density at radius 3 is 1.89 bits per heavy atom. The zero-order valence-corrected chi connectivity index (χ0v) is 8.55. The Bertz CT molecular complexity index is 106. The second-order valence-electron chi connectivity index (χ2n) is 3.43. The van der Waals surface area contributed by atoms with Crippen LogP contribution in [0, 0.1) is 0 Å². The maximum atomic E-state index is 11.0. The summed E-state index contributed by atoms with van der Waals surface area (Å²) in [6, 6.07) is 0. The third-order valence-corrected chi connectivity index (χ3v) is 6.31. The summed E-state index contributed by atoms with van der Waals surface area (Å²) in [7, 11) is -1.58. The van der Waals surface area contributed by atoms with Crippen LogP contribution in [-0.2, 0) is 10.8 Å². The Morgan fingerprint density at radius 2 is 1.78 bits per heavy atom. The lowest BCUT2D eigenvalue weighted by Crippen LogP contribution is -2.29. The maximum absolute atomic E-state index is 11.0. The molecule has 0 heterocycles. The Morgan fingerprint density at radius 1 is 1.33 bits per heavy atom. The van der Waals surface area contributed by atoms with Crippen molar-refractivity contribution in [3.63, 3.8) is 0 Å². The SMILES string of the molecule is CCS(=O)C[Si](C)(C)C. The molecule has 1 atom stereocenters. The normalized spacial score (nSPS) is 15.6. The fraction of sp³-hybridized carbons (Fsp3) is 1.00. The third kappa shape index (κ3) is 6.25. The van der Waals surface area contributed by atoms with Crippen LogP contribution in [0.1, 0.15) is 6.92 Å². The molecule has 1 nitrogen and oxygen atoms in total. The molecule has 0 aliphatic carbocycles. The molecule has 0 fully saturated rings. The maximum Gasteiger partial charge on any atom is 0.0581 e. The molecule has 56 valence electrons. The first-order valence-corrected chi connectivity index (χ1v) is 8.50. The molecule has 0 bridgehead atoms. The first-order chi connectivity index (χ1) is 3.95. The standard InChI is InChI=1S/C6H16OSSi/c1-5-8(7)6-9(2,3)4/h5-6H2,1-4H3. The van der Waals surface area contributed by atoms with Crippen molar-refractivity contribution in [3.05, 3.63) is 0 Å². The molecular weight excluding hydrogens is 148 g/mol. The first kappa shape index (κ1) is 9.37. The zero-order chi connectivity index (χ0) is 7.49. The molecule has 0 aromatic heterocycles. The van der Waals surface area contributed by atoms with Gasteiger partial charge in [-0.25, -0.2) is 0 Å². The molecule has 0 saturated heterocycles.